The van der Waals surface area contributed by atoms with Gasteiger partial charge in [-0.3, -0.25) is 10.1 Å². The molecule has 72 valence electrons. The fourth-order valence-electron chi connectivity index (χ4n) is 0.955. The van der Waals surface area contributed by atoms with Crippen LogP contribution in [-0.2, 0) is 4.79 Å². The summed E-state index contributed by atoms with van der Waals surface area (Å²) in [5, 5.41) is 10.4. The van der Waals surface area contributed by atoms with Crippen molar-refractivity contribution in [3.8, 4) is 0 Å². The van der Waals surface area contributed by atoms with Crippen LogP contribution in [0.5, 0.6) is 0 Å². The van der Waals surface area contributed by atoms with E-state index in [1.807, 2.05) is 0 Å². The molecule has 0 radical (unpaired) electrons. The van der Waals surface area contributed by atoms with E-state index in [-0.39, 0.29) is 5.56 Å². The number of nitrogens with zero attached hydrogens (tertiary/aromatic N) is 2. The van der Waals surface area contributed by atoms with Gasteiger partial charge in [-0.1, -0.05) is 0 Å². The van der Waals surface area contributed by atoms with Gasteiger partial charge in [0.1, 0.15) is 0 Å². The van der Waals surface area contributed by atoms with Crippen molar-refractivity contribution in [1.82, 2.24) is 0 Å². The molecule has 0 atom stereocenters. The summed E-state index contributed by atoms with van der Waals surface area (Å²) in [6, 6.07) is 2.34. The fraction of sp³-hybridized carbons (Fsp3) is 0.125. The number of nitro benzene ring substituents is 1. The van der Waals surface area contributed by atoms with Crippen LogP contribution in [-0.4, -0.2) is 11.0 Å². The molecule has 1 aromatic carbocycles. The van der Waals surface area contributed by atoms with Gasteiger partial charge in [-0.05, 0) is 18.6 Å². The molecule has 0 bridgehead atoms. The van der Waals surface area contributed by atoms with Gasteiger partial charge in [0.25, 0.3) is 5.69 Å². The molecule has 0 amide bonds. The fourth-order valence-corrected chi connectivity index (χ4v) is 0.955. The number of hydrogen-bond acceptors (Lipinski definition) is 4. The first-order valence-corrected chi connectivity index (χ1v) is 3.59. The molecule has 0 saturated carbocycles. The molecule has 0 unspecified atom stereocenters. The smallest absolute Gasteiger partial charge is 0.258 e. The van der Waals surface area contributed by atoms with E-state index in [0.29, 0.717) is 0 Å². The van der Waals surface area contributed by atoms with E-state index in [1.165, 1.54) is 13.0 Å². The highest BCUT2D eigenvalue weighted by Gasteiger charge is 2.19. The quantitative estimate of drug-likeness (QED) is 0.314. The second kappa shape index (κ2) is 3.76. The first kappa shape index (κ1) is 10.0. The van der Waals surface area contributed by atoms with Crippen LogP contribution in [0.1, 0.15) is 5.56 Å². The van der Waals surface area contributed by atoms with Crippen molar-refractivity contribution in [2.24, 2.45) is 4.99 Å². The largest absolute Gasteiger partial charge is 0.298 e. The molecule has 0 aromatic heterocycles. The molecule has 0 aliphatic heterocycles. The van der Waals surface area contributed by atoms with E-state index < -0.39 is 22.1 Å². The molecule has 1 rings (SSSR count). The number of benzene rings is 1. The predicted octanol–water partition coefficient (Wildman–Crippen LogP) is 2.01. The topological polar surface area (TPSA) is 72.6 Å². The third-order valence-electron chi connectivity index (χ3n) is 1.64. The highest BCUT2D eigenvalue weighted by molar-refractivity contribution is 5.63. The zero-order valence-electron chi connectivity index (χ0n) is 7.15. The van der Waals surface area contributed by atoms with E-state index >= 15 is 0 Å². The van der Waals surface area contributed by atoms with Crippen LogP contribution < -0.4 is 0 Å². The molecule has 14 heavy (non-hydrogen) atoms. The van der Waals surface area contributed by atoms with Gasteiger partial charge in [0.05, 0.1) is 4.92 Å². The van der Waals surface area contributed by atoms with Crippen molar-refractivity contribution >= 4 is 17.5 Å². The average Bonchev–Trinajstić information content (AvgIpc) is 2.13. The summed E-state index contributed by atoms with van der Waals surface area (Å²) in [6.45, 7) is 1.42. The molecule has 0 heterocycles. The van der Waals surface area contributed by atoms with Gasteiger partial charge in [0.2, 0.25) is 6.08 Å². The number of aryl methyl sites for hydroxylation is 1. The molecule has 0 N–H and O–H groups in total. The van der Waals surface area contributed by atoms with Crippen molar-refractivity contribution in [2.75, 3.05) is 0 Å². The molecule has 0 aliphatic carbocycles. The monoisotopic (exact) mass is 196 g/mol. The minimum absolute atomic E-state index is 0.185. The lowest BCUT2D eigenvalue weighted by atomic mass is 10.2. The van der Waals surface area contributed by atoms with Crippen molar-refractivity contribution in [3.05, 3.63) is 33.6 Å². The number of carbonyl (C=O) groups excluding carboxylic acids is 1. The Kier molecular flexibility index (Phi) is 2.69. The molecule has 1 aromatic rings. The van der Waals surface area contributed by atoms with Crippen molar-refractivity contribution in [1.29, 1.82) is 0 Å². The minimum Gasteiger partial charge on any atom is -0.258 e. The molecule has 0 aliphatic rings. The summed E-state index contributed by atoms with van der Waals surface area (Å²) in [5.74, 6) is -0.873. The van der Waals surface area contributed by atoms with Crippen LogP contribution in [0, 0.1) is 22.9 Å². The molecule has 5 nitrogen and oxygen atoms in total. The number of halogens is 1. The Labute approximate surface area is 78.0 Å². The maximum absolute atomic E-state index is 13.2. The van der Waals surface area contributed by atoms with Crippen LogP contribution in [0.3, 0.4) is 0 Å². The lowest BCUT2D eigenvalue weighted by Crippen LogP contribution is -1.92. The first-order valence-electron chi connectivity index (χ1n) is 3.59. The maximum Gasteiger partial charge on any atom is 0.298 e. The van der Waals surface area contributed by atoms with Crippen LogP contribution in [0.4, 0.5) is 15.8 Å². The van der Waals surface area contributed by atoms with Crippen LogP contribution in [0.15, 0.2) is 17.1 Å². The molecule has 0 saturated heterocycles. The van der Waals surface area contributed by atoms with Gasteiger partial charge in [-0.15, -0.1) is 0 Å². The third-order valence-corrected chi connectivity index (χ3v) is 1.64. The molecule has 0 spiro atoms. The predicted molar refractivity (Wildman–Crippen MR) is 45.6 cm³/mol. The summed E-state index contributed by atoms with van der Waals surface area (Å²) in [6.07, 6.45) is 1.08. The number of isocyanates is 1. The third kappa shape index (κ3) is 1.65. The summed E-state index contributed by atoms with van der Waals surface area (Å²) < 4.78 is 13.2. The number of aliphatic imine (C=N–C) groups is 1. The average molecular weight is 196 g/mol. The molecular formula is C8H5FN2O3. The highest BCUT2D eigenvalue weighted by atomic mass is 19.1. The van der Waals surface area contributed by atoms with E-state index in [9.17, 15) is 19.3 Å². The highest BCUT2D eigenvalue weighted by Crippen LogP contribution is 2.31. The number of hydrogen-bond donors (Lipinski definition) is 0. The van der Waals surface area contributed by atoms with Crippen LogP contribution >= 0.6 is 0 Å². The molecule has 6 heteroatoms. The Morgan fingerprint density at radius 1 is 1.57 bits per heavy atom. The zero-order valence-corrected chi connectivity index (χ0v) is 7.15. The number of nitro groups is 1. The lowest BCUT2D eigenvalue weighted by molar-refractivity contribution is -0.384. The van der Waals surface area contributed by atoms with Gasteiger partial charge in [0, 0.05) is 6.07 Å². The lowest BCUT2D eigenvalue weighted by Gasteiger charge is -1.99. The van der Waals surface area contributed by atoms with E-state index in [1.54, 1.807) is 0 Å². The van der Waals surface area contributed by atoms with Gasteiger partial charge >= 0.3 is 0 Å². The maximum atomic E-state index is 13.2. The summed E-state index contributed by atoms with van der Waals surface area (Å²) in [7, 11) is 0. The van der Waals surface area contributed by atoms with E-state index in [4.69, 9.17) is 0 Å². The van der Waals surface area contributed by atoms with E-state index in [2.05, 4.69) is 4.99 Å². The minimum atomic E-state index is -0.873. The standard InChI is InChI=1S/C8H5FN2O3/c1-5-2-3-6(11(13)14)8(7(5)9)10-4-12/h2-3H,1H3. The number of rotatable bonds is 2. The van der Waals surface area contributed by atoms with Gasteiger partial charge in [-0.2, -0.15) is 4.99 Å². The Hall–Kier alpha value is -2.07. The van der Waals surface area contributed by atoms with E-state index in [0.717, 1.165) is 12.1 Å². The second-order valence-corrected chi connectivity index (χ2v) is 2.52. The summed E-state index contributed by atoms with van der Waals surface area (Å²) in [5.41, 5.74) is -0.939. The van der Waals surface area contributed by atoms with Gasteiger partial charge < -0.3 is 0 Å². The Balaban J connectivity index is 3.52. The second-order valence-electron chi connectivity index (χ2n) is 2.52. The van der Waals surface area contributed by atoms with Gasteiger partial charge in [-0.25, -0.2) is 9.18 Å². The van der Waals surface area contributed by atoms with Crippen molar-refractivity contribution in [2.45, 2.75) is 6.92 Å². The first-order chi connectivity index (χ1) is 6.57. The normalized spacial score (nSPS) is 9.29. The zero-order chi connectivity index (χ0) is 10.7. The Morgan fingerprint density at radius 2 is 2.21 bits per heavy atom. The molecular weight excluding hydrogens is 191 g/mol. The summed E-state index contributed by atoms with van der Waals surface area (Å²) in [4.78, 5) is 22.5. The van der Waals surface area contributed by atoms with Gasteiger partial charge in [0.15, 0.2) is 11.5 Å². The molecule has 0 fully saturated rings. The van der Waals surface area contributed by atoms with Crippen molar-refractivity contribution < 1.29 is 14.1 Å². The van der Waals surface area contributed by atoms with Crippen molar-refractivity contribution in [3.63, 3.8) is 0 Å². The van der Waals surface area contributed by atoms with Crippen LogP contribution in [0.2, 0.25) is 0 Å². The Morgan fingerprint density at radius 3 is 2.71 bits per heavy atom. The SMILES string of the molecule is Cc1ccc([N+](=O)[O-])c(N=C=O)c1F. The Bertz CT molecular complexity index is 438. The summed E-state index contributed by atoms with van der Waals surface area (Å²) >= 11 is 0. The van der Waals surface area contributed by atoms with Crippen LogP contribution in [0.25, 0.3) is 0 Å².